The van der Waals surface area contributed by atoms with Crippen molar-refractivity contribution in [3.63, 3.8) is 0 Å². The molecule has 2 aromatic rings. The van der Waals surface area contributed by atoms with Gasteiger partial charge in [-0.1, -0.05) is 26.0 Å². The molecule has 158 valence electrons. The molecule has 0 aliphatic heterocycles. The van der Waals surface area contributed by atoms with Gasteiger partial charge in [0.05, 0.1) is 6.54 Å². The van der Waals surface area contributed by atoms with Crippen LogP contribution in [0.25, 0.3) is 0 Å². The van der Waals surface area contributed by atoms with Crippen LogP contribution in [0.5, 0.6) is 0 Å². The van der Waals surface area contributed by atoms with Gasteiger partial charge in [0.1, 0.15) is 6.54 Å². The number of aromatic nitrogens is 2. The Bertz CT molecular complexity index is 769. The lowest BCUT2D eigenvalue weighted by molar-refractivity contribution is -0.116. The van der Waals surface area contributed by atoms with E-state index < -0.39 is 0 Å². The maximum atomic E-state index is 12.2. The summed E-state index contributed by atoms with van der Waals surface area (Å²) in [5.74, 6) is 1.41. The zero-order chi connectivity index (χ0) is 21.1. The number of nitrogens with one attached hydrogen (secondary N) is 3. The first-order valence-electron chi connectivity index (χ1n) is 10.4. The molecule has 0 bridgehead atoms. The van der Waals surface area contributed by atoms with Gasteiger partial charge in [0, 0.05) is 30.7 Å². The highest BCUT2D eigenvalue weighted by atomic mass is 16.2. The van der Waals surface area contributed by atoms with Crippen molar-refractivity contribution in [2.75, 3.05) is 11.9 Å². The summed E-state index contributed by atoms with van der Waals surface area (Å²) in [7, 11) is 0. The van der Waals surface area contributed by atoms with Crippen LogP contribution in [0.3, 0.4) is 0 Å². The summed E-state index contributed by atoms with van der Waals surface area (Å²) in [5, 5.41) is 13.7. The van der Waals surface area contributed by atoms with Crippen LogP contribution in [0.2, 0.25) is 0 Å². The lowest BCUT2D eigenvalue weighted by atomic mass is 10.0. The Morgan fingerprint density at radius 1 is 1.21 bits per heavy atom. The predicted molar refractivity (Wildman–Crippen MR) is 119 cm³/mol. The number of hydrogen-bond acceptors (Lipinski definition) is 3. The van der Waals surface area contributed by atoms with Crippen molar-refractivity contribution in [3.8, 4) is 0 Å². The maximum absolute atomic E-state index is 12.2. The van der Waals surface area contributed by atoms with Crippen molar-refractivity contribution >= 4 is 17.6 Å². The number of nitrogens with zero attached hydrogens (tertiary/aromatic N) is 3. The van der Waals surface area contributed by atoms with Gasteiger partial charge < -0.3 is 16.0 Å². The quantitative estimate of drug-likeness (QED) is 0.423. The van der Waals surface area contributed by atoms with Crippen molar-refractivity contribution in [2.45, 2.75) is 59.7 Å². The van der Waals surface area contributed by atoms with Crippen LogP contribution in [0.1, 0.15) is 46.1 Å². The summed E-state index contributed by atoms with van der Waals surface area (Å²) in [6, 6.07) is 9.94. The lowest BCUT2D eigenvalue weighted by Crippen LogP contribution is -2.42. The normalized spacial score (nSPS) is 12.7. The fourth-order valence-electron chi connectivity index (χ4n) is 2.87. The Morgan fingerprint density at radius 3 is 2.72 bits per heavy atom. The van der Waals surface area contributed by atoms with Crippen LogP contribution in [0.15, 0.2) is 47.7 Å². The number of carbonyl (C=O) groups excluding carboxylic acids is 1. The van der Waals surface area contributed by atoms with Gasteiger partial charge in [-0.25, -0.2) is 4.99 Å². The number of carbonyl (C=O) groups is 1. The van der Waals surface area contributed by atoms with Gasteiger partial charge in [0.25, 0.3) is 0 Å². The largest absolute Gasteiger partial charge is 0.357 e. The van der Waals surface area contributed by atoms with E-state index >= 15 is 0 Å². The highest BCUT2D eigenvalue weighted by molar-refractivity contribution is 5.90. The van der Waals surface area contributed by atoms with E-state index in [1.165, 1.54) is 6.42 Å². The highest BCUT2D eigenvalue weighted by Crippen LogP contribution is 2.12. The summed E-state index contributed by atoms with van der Waals surface area (Å²) in [5.41, 5.74) is 1.80. The fourth-order valence-corrected chi connectivity index (χ4v) is 2.87. The monoisotopic (exact) mass is 398 g/mol. The second-order valence-corrected chi connectivity index (χ2v) is 7.66. The van der Waals surface area contributed by atoms with E-state index in [2.05, 4.69) is 48.7 Å². The van der Waals surface area contributed by atoms with Crippen molar-refractivity contribution in [3.05, 3.63) is 48.3 Å². The van der Waals surface area contributed by atoms with Crippen molar-refractivity contribution in [2.24, 2.45) is 10.9 Å². The van der Waals surface area contributed by atoms with E-state index in [0.717, 1.165) is 30.2 Å². The molecule has 0 radical (unpaired) electrons. The van der Waals surface area contributed by atoms with Gasteiger partial charge in [-0.3, -0.25) is 9.48 Å². The number of anilines is 1. The SMILES string of the molecule is CCNC(=NCc1cccc(NC(=O)Cn2cccn2)c1)NC(C)CCC(C)C. The number of guanidine groups is 1. The molecule has 1 aromatic carbocycles. The summed E-state index contributed by atoms with van der Waals surface area (Å²) < 4.78 is 1.60. The first-order chi connectivity index (χ1) is 14.0. The smallest absolute Gasteiger partial charge is 0.246 e. The van der Waals surface area contributed by atoms with Gasteiger partial charge in [0.2, 0.25) is 5.91 Å². The van der Waals surface area contributed by atoms with Crippen LogP contribution in [-0.4, -0.2) is 34.2 Å². The molecule has 7 heteroatoms. The third kappa shape index (κ3) is 8.81. The van der Waals surface area contributed by atoms with Crippen LogP contribution >= 0.6 is 0 Å². The topological polar surface area (TPSA) is 83.3 Å². The molecule has 0 aliphatic rings. The molecule has 0 saturated heterocycles. The predicted octanol–water partition coefficient (Wildman–Crippen LogP) is 3.40. The van der Waals surface area contributed by atoms with E-state index in [9.17, 15) is 4.79 Å². The van der Waals surface area contributed by atoms with Crippen molar-refractivity contribution < 1.29 is 4.79 Å². The van der Waals surface area contributed by atoms with Gasteiger partial charge >= 0.3 is 0 Å². The van der Waals surface area contributed by atoms with E-state index in [0.29, 0.717) is 18.5 Å². The fraction of sp³-hybridized carbons (Fsp3) is 0.500. The van der Waals surface area contributed by atoms with E-state index in [-0.39, 0.29) is 12.5 Å². The molecule has 2 rings (SSSR count). The molecular weight excluding hydrogens is 364 g/mol. The third-order valence-electron chi connectivity index (χ3n) is 4.40. The minimum Gasteiger partial charge on any atom is -0.357 e. The molecule has 0 aliphatic carbocycles. The molecule has 1 amide bonds. The standard InChI is InChI=1S/C22H34N6O/c1-5-23-22(26-18(4)11-10-17(2)3)24-15-19-8-6-9-20(14-19)27-21(29)16-28-13-7-12-25-28/h6-9,12-14,17-18H,5,10-11,15-16H2,1-4H3,(H,27,29)(H2,23,24,26). The Labute approximate surface area is 174 Å². The van der Waals surface area contributed by atoms with Crippen molar-refractivity contribution in [1.29, 1.82) is 0 Å². The third-order valence-corrected chi connectivity index (χ3v) is 4.40. The molecule has 0 fully saturated rings. The van der Waals surface area contributed by atoms with Crippen LogP contribution < -0.4 is 16.0 Å². The molecule has 29 heavy (non-hydrogen) atoms. The molecular formula is C22H34N6O. The Morgan fingerprint density at radius 2 is 2.03 bits per heavy atom. The first kappa shape index (κ1) is 22.5. The Kier molecular flexibility index (Phi) is 9.21. The molecule has 1 atom stereocenters. The molecule has 0 spiro atoms. The summed E-state index contributed by atoms with van der Waals surface area (Å²) in [6.07, 6.45) is 5.72. The number of rotatable bonds is 10. The molecule has 1 unspecified atom stereocenters. The number of hydrogen-bond donors (Lipinski definition) is 3. The van der Waals surface area contributed by atoms with Crippen LogP contribution in [0, 0.1) is 5.92 Å². The lowest BCUT2D eigenvalue weighted by Gasteiger charge is -2.18. The van der Waals surface area contributed by atoms with Gasteiger partial charge in [0.15, 0.2) is 5.96 Å². The first-order valence-corrected chi connectivity index (χ1v) is 10.4. The number of benzene rings is 1. The van der Waals surface area contributed by atoms with Gasteiger partial charge in [-0.2, -0.15) is 5.10 Å². The van der Waals surface area contributed by atoms with Crippen LogP contribution in [0.4, 0.5) is 5.69 Å². The minimum atomic E-state index is -0.108. The Balaban J connectivity index is 1.92. The highest BCUT2D eigenvalue weighted by Gasteiger charge is 2.07. The molecule has 1 heterocycles. The van der Waals surface area contributed by atoms with E-state index in [4.69, 9.17) is 4.99 Å². The van der Waals surface area contributed by atoms with Gasteiger partial charge in [-0.15, -0.1) is 0 Å². The van der Waals surface area contributed by atoms with Gasteiger partial charge in [-0.05, 0) is 56.4 Å². The van der Waals surface area contributed by atoms with Crippen molar-refractivity contribution in [1.82, 2.24) is 20.4 Å². The molecule has 1 aromatic heterocycles. The second-order valence-electron chi connectivity index (χ2n) is 7.66. The van der Waals surface area contributed by atoms with Crippen LogP contribution in [-0.2, 0) is 17.9 Å². The zero-order valence-corrected chi connectivity index (χ0v) is 18.0. The second kappa shape index (κ2) is 11.9. The Hall–Kier alpha value is -2.83. The summed E-state index contributed by atoms with van der Waals surface area (Å²) >= 11 is 0. The van der Waals surface area contributed by atoms with E-state index in [1.807, 2.05) is 24.3 Å². The number of amides is 1. The summed E-state index contributed by atoms with van der Waals surface area (Å²) in [4.78, 5) is 16.9. The molecule has 7 nitrogen and oxygen atoms in total. The number of aliphatic imine (C=N–C) groups is 1. The average molecular weight is 399 g/mol. The zero-order valence-electron chi connectivity index (χ0n) is 18.0. The average Bonchev–Trinajstić information content (AvgIpc) is 3.18. The van der Waals surface area contributed by atoms with E-state index in [1.54, 1.807) is 23.1 Å². The summed E-state index contributed by atoms with van der Waals surface area (Å²) in [6.45, 7) is 10.3. The molecule has 0 saturated carbocycles. The molecule has 3 N–H and O–H groups in total. The maximum Gasteiger partial charge on any atom is 0.246 e. The minimum absolute atomic E-state index is 0.108.